The zero-order valence-corrected chi connectivity index (χ0v) is 15.2. The average Bonchev–Trinajstić information content (AvgIpc) is 2.92. The molecule has 2 aliphatic heterocycles. The highest BCUT2D eigenvalue weighted by Crippen LogP contribution is 2.48. The van der Waals surface area contributed by atoms with E-state index < -0.39 is 0 Å². The number of hydrogen-bond acceptors (Lipinski definition) is 4. The van der Waals surface area contributed by atoms with Gasteiger partial charge in [-0.15, -0.1) is 11.8 Å². The lowest BCUT2D eigenvalue weighted by molar-refractivity contribution is -0.150. The largest absolute Gasteiger partial charge is 0.450 e. The number of ether oxygens (including phenoxy) is 1. The molecule has 3 rings (SSSR count). The summed E-state index contributed by atoms with van der Waals surface area (Å²) in [7, 11) is 0. The molecule has 1 N–H and O–H groups in total. The Kier molecular flexibility index (Phi) is 5.67. The molecule has 1 aliphatic carbocycles. The van der Waals surface area contributed by atoms with Crippen molar-refractivity contribution >= 4 is 17.7 Å². The van der Waals surface area contributed by atoms with Gasteiger partial charge in [-0.1, -0.05) is 31.2 Å². The Morgan fingerprint density at radius 2 is 2.33 bits per heavy atom. The summed E-state index contributed by atoms with van der Waals surface area (Å²) < 4.78 is 5.89. The Hall–Kier alpha value is -1.26. The lowest BCUT2D eigenvalue weighted by atomic mass is 9.73. The molecular weight excluding hydrogens is 318 g/mol. The fourth-order valence-corrected chi connectivity index (χ4v) is 5.40. The summed E-state index contributed by atoms with van der Waals surface area (Å²) in [4.78, 5) is 13.3. The Morgan fingerprint density at radius 3 is 3.04 bits per heavy atom. The van der Waals surface area contributed by atoms with Crippen molar-refractivity contribution in [2.45, 2.75) is 62.3 Å². The molecule has 130 valence electrons. The van der Waals surface area contributed by atoms with E-state index in [0.29, 0.717) is 5.25 Å². The van der Waals surface area contributed by atoms with Gasteiger partial charge in [0.2, 0.25) is 0 Å². The van der Waals surface area contributed by atoms with E-state index in [4.69, 9.17) is 4.74 Å². The second-order valence-electron chi connectivity index (χ2n) is 6.77. The van der Waals surface area contributed by atoms with Crippen LogP contribution in [0.1, 0.15) is 45.4 Å². The summed E-state index contributed by atoms with van der Waals surface area (Å²) in [6.45, 7) is 6.87. The maximum atomic E-state index is 12.0. The third-order valence-electron chi connectivity index (χ3n) is 5.19. The highest BCUT2D eigenvalue weighted by Gasteiger charge is 2.52. The van der Waals surface area contributed by atoms with Crippen LogP contribution in [0.4, 0.5) is 0 Å². The van der Waals surface area contributed by atoms with Crippen molar-refractivity contribution in [3.05, 3.63) is 47.4 Å². The fraction of sp³-hybridized carbons (Fsp3) is 0.550. The fourth-order valence-electron chi connectivity index (χ4n) is 4.13. The maximum absolute atomic E-state index is 12.0. The summed E-state index contributed by atoms with van der Waals surface area (Å²) in [6.07, 6.45) is 16.3. The van der Waals surface area contributed by atoms with E-state index in [1.165, 1.54) is 23.3 Å². The Balaban J connectivity index is 1.74. The molecule has 2 heterocycles. The van der Waals surface area contributed by atoms with Crippen molar-refractivity contribution in [2.24, 2.45) is 0 Å². The van der Waals surface area contributed by atoms with Crippen LogP contribution in [0.25, 0.3) is 0 Å². The maximum Gasteiger partial charge on any atom is 0.331 e. The number of carbonyl (C=O) groups is 1. The molecule has 0 bridgehead atoms. The molecule has 1 saturated heterocycles. The van der Waals surface area contributed by atoms with Gasteiger partial charge in [-0.25, -0.2) is 4.79 Å². The SMILES string of the molecule is C=C/C=C(\C=C/C)SC1CCC2(C3CCCCN3)OC(=O)C=C2C1. The van der Waals surface area contributed by atoms with Crippen LogP contribution in [-0.2, 0) is 9.53 Å². The predicted octanol–water partition coefficient (Wildman–Crippen LogP) is 4.28. The van der Waals surface area contributed by atoms with E-state index >= 15 is 0 Å². The number of carbonyl (C=O) groups excluding carboxylic acids is 1. The number of nitrogens with one attached hydrogen (secondary N) is 1. The third-order valence-corrected chi connectivity index (χ3v) is 6.47. The van der Waals surface area contributed by atoms with Gasteiger partial charge in [0.15, 0.2) is 0 Å². The summed E-state index contributed by atoms with van der Waals surface area (Å²) in [5.74, 6) is -0.154. The number of hydrogen-bond donors (Lipinski definition) is 1. The van der Waals surface area contributed by atoms with Crippen molar-refractivity contribution in [1.82, 2.24) is 5.32 Å². The van der Waals surface area contributed by atoms with E-state index in [2.05, 4.69) is 30.1 Å². The molecule has 3 unspecified atom stereocenters. The molecule has 1 saturated carbocycles. The molecule has 0 amide bonds. The first-order valence-corrected chi connectivity index (χ1v) is 9.85. The van der Waals surface area contributed by atoms with E-state index in [9.17, 15) is 4.79 Å². The highest BCUT2D eigenvalue weighted by molar-refractivity contribution is 8.03. The number of rotatable bonds is 5. The number of piperidine rings is 1. The Labute approximate surface area is 149 Å². The van der Waals surface area contributed by atoms with Crippen molar-refractivity contribution in [3.8, 4) is 0 Å². The minimum atomic E-state index is -0.378. The van der Waals surface area contributed by atoms with E-state index in [1.54, 1.807) is 6.08 Å². The molecule has 0 aromatic carbocycles. The van der Waals surface area contributed by atoms with Gasteiger partial charge in [0.05, 0.1) is 6.04 Å². The monoisotopic (exact) mass is 345 g/mol. The van der Waals surface area contributed by atoms with Gasteiger partial charge in [-0.05, 0) is 57.2 Å². The molecule has 3 atom stereocenters. The average molecular weight is 346 g/mol. The normalized spacial score (nSPS) is 34.0. The molecular formula is C20H27NO2S. The molecule has 4 heteroatoms. The Bertz CT molecular complexity index is 586. The van der Waals surface area contributed by atoms with Gasteiger partial charge >= 0.3 is 5.97 Å². The van der Waals surface area contributed by atoms with Crippen LogP contribution < -0.4 is 5.32 Å². The predicted molar refractivity (Wildman–Crippen MR) is 101 cm³/mol. The summed E-state index contributed by atoms with van der Waals surface area (Å²) in [6, 6.07) is 0.286. The van der Waals surface area contributed by atoms with Crippen LogP contribution in [0.2, 0.25) is 0 Å². The number of allylic oxidation sites excluding steroid dienone is 4. The molecule has 0 radical (unpaired) electrons. The first kappa shape index (κ1) is 17.6. The molecule has 0 spiro atoms. The third kappa shape index (κ3) is 3.55. The van der Waals surface area contributed by atoms with Crippen molar-refractivity contribution in [1.29, 1.82) is 0 Å². The van der Waals surface area contributed by atoms with Crippen LogP contribution in [-0.4, -0.2) is 29.4 Å². The van der Waals surface area contributed by atoms with Gasteiger partial charge in [-0.2, -0.15) is 0 Å². The molecule has 2 fully saturated rings. The van der Waals surface area contributed by atoms with E-state index in [0.717, 1.165) is 32.2 Å². The van der Waals surface area contributed by atoms with E-state index in [1.807, 2.05) is 24.8 Å². The number of thioether (sulfide) groups is 1. The van der Waals surface area contributed by atoms with Gasteiger partial charge in [-0.3, -0.25) is 0 Å². The quantitative estimate of drug-likeness (QED) is 0.596. The summed E-state index contributed by atoms with van der Waals surface area (Å²) >= 11 is 1.89. The minimum absolute atomic E-state index is 0.154. The first-order valence-electron chi connectivity index (χ1n) is 8.97. The van der Waals surface area contributed by atoms with Crippen LogP contribution in [0.5, 0.6) is 0 Å². The zero-order chi connectivity index (χ0) is 17.0. The standard InChI is InChI=1S/C20H27NO2S/c1-3-7-16(8-4-2)24-17-10-11-20(18-9-5-6-12-21-18)15(13-17)14-19(22)23-20/h3-4,7-8,14,17-18,21H,1,5-6,9-13H2,2H3/b8-4-,16-7+. The lowest BCUT2D eigenvalue weighted by Crippen LogP contribution is -2.56. The molecule has 0 aromatic heterocycles. The second-order valence-corrected chi connectivity index (χ2v) is 8.14. The number of esters is 1. The summed E-state index contributed by atoms with van der Waals surface area (Å²) in [5.41, 5.74) is 0.825. The van der Waals surface area contributed by atoms with Gasteiger partial charge in [0.1, 0.15) is 5.60 Å². The second kappa shape index (κ2) is 7.75. The lowest BCUT2D eigenvalue weighted by Gasteiger charge is -2.45. The molecule has 24 heavy (non-hydrogen) atoms. The van der Waals surface area contributed by atoms with Crippen LogP contribution >= 0.6 is 11.8 Å². The van der Waals surface area contributed by atoms with Crippen molar-refractivity contribution < 1.29 is 9.53 Å². The smallest absolute Gasteiger partial charge is 0.331 e. The van der Waals surface area contributed by atoms with Crippen LogP contribution in [0.3, 0.4) is 0 Å². The molecule has 0 aromatic rings. The number of fused-ring (bicyclic) bond motifs is 1. The topological polar surface area (TPSA) is 38.3 Å². The zero-order valence-electron chi connectivity index (χ0n) is 14.4. The van der Waals surface area contributed by atoms with Gasteiger partial charge < -0.3 is 10.1 Å². The highest BCUT2D eigenvalue weighted by atomic mass is 32.2. The van der Waals surface area contributed by atoms with Crippen molar-refractivity contribution in [3.63, 3.8) is 0 Å². The van der Waals surface area contributed by atoms with Crippen LogP contribution in [0, 0.1) is 0 Å². The molecule has 3 aliphatic rings. The van der Waals surface area contributed by atoms with Crippen LogP contribution in [0.15, 0.2) is 47.4 Å². The first-order chi connectivity index (χ1) is 11.7. The molecule has 3 nitrogen and oxygen atoms in total. The van der Waals surface area contributed by atoms with Crippen molar-refractivity contribution in [2.75, 3.05) is 6.54 Å². The summed E-state index contributed by atoms with van der Waals surface area (Å²) in [5, 5.41) is 4.10. The van der Waals surface area contributed by atoms with E-state index in [-0.39, 0.29) is 17.6 Å². The van der Waals surface area contributed by atoms with Gasteiger partial charge in [0, 0.05) is 16.2 Å². The minimum Gasteiger partial charge on any atom is -0.450 e. The van der Waals surface area contributed by atoms with Gasteiger partial charge in [0.25, 0.3) is 0 Å². The Morgan fingerprint density at radius 1 is 1.46 bits per heavy atom.